The van der Waals surface area contributed by atoms with Gasteiger partial charge < -0.3 is 10.3 Å². The number of rotatable bonds is 9. The van der Waals surface area contributed by atoms with Gasteiger partial charge in [0.15, 0.2) is 0 Å². The number of non-ortho nitro benzene ring substituents is 1. The minimum atomic E-state index is -0.397. The largest absolute Gasteiger partial charge is 0.369 e. The highest BCUT2D eigenvalue weighted by atomic mass is 16.6. The number of nitrogens with two attached hydrogens (primary N) is 1. The number of nitrogen functional groups attached to an aromatic ring is 1. The molecule has 0 fully saturated rings. The Morgan fingerprint density at radius 1 is 1.13 bits per heavy atom. The molecule has 0 unspecified atom stereocenters. The van der Waals surface area contributed by atoms with Gasteiger partial charge in [-0.2, -0.15) is 0 Å². The van der Waals surface area contributed by atoms with Crippen LogP contribution in [0.2, 0.25) is 0 Å². The Bertz CT molecular complexity index is 635. The number of hydrogen-bond donors (Lipinski definition) is 1. The van der Waals surface area contributed by atoms with Gasteiger partial charge in [0.2, 0.25) is 5.95 Å². The van der Waals surface area contributed by atoms with E-state index in [1.807, 2.05) is 4.57 Å². The standard InChI is InChI=1S/C17H24N4O2/c1-2-3-4-5-6-7-12-20-16(13-19-17(20)18)14-8-10-15(11-9-14)21(22)23/h8-11,13H,2-7,12H2,1H3,(H2,18,19). The van der Waals surface area contributed by atoms with E-state index >= 15 is 0 Å². The lowest BCUT2D eigenvalue weighted by Crippen LogP contribution is -2.05. The third kappa shape index (κ3) is 4.55. The minimum absolute atomic E-state index is 0.0868. The second-order valence-electron chi connectivity index (χ2n) is 5.73. The number of nitrogens with zero attached hydrogens (tertiary/aromatic N) is 3. The Morgan fingerprint density at radius 2 is 1.78 bits per heavy atom. The van der Waals surface area contributed by atoms with Crippen molar-refractivity contribution in [2.24, 2.45) is 0 Å². The van der Waals surface area contributed by atoms with E-state index in [4.69, 9.17) is 5.73 Å². The first-order chi connectivity index (χ1) is 11.1. The van der Waals surface area contributed by atoms with E-state index in [2.05, 4.69) is 11.9 Å². The average molecular weight is 316 g/mol. The van der Waals surface area contributed by atoms with Gasteiger partial charge in [0.05, 0.1) is 16.8 Å². The highest BCUT2D eigenvalue weighted by molar-refractivity contribution is 5.62. The van der Waals surface area contributed by atoms with Crippen LogP contribution in [0.3, 0.4) is 0 Å². The molecular weight excluding hydrogens is 292 g/mol. The zero-order valence-electron chi connectivity index (χ0n) is 13.6. The summed E-state index contributed by atoms with van der Waals surface area (Å²) in [6, 6.07) is 6.50. The first-order valence-corrected chi connectivity index (χ1v) is 8.19. The lowest BCUT2D eigenvalue weighted by Gasteiger charge is -2.10. The molecule has 0 bridgehead atoms. The van der Waals surface area contributed by atoms with Crippen LogP contribution in [0.25, 0.3) is 11.3 Å². The first-order valence-electron chi connectivity index (χ1n) is 8.19. The maximum atomic E-state index is 10.7. The number of hydrogen-bond acceptors (Lipinski definition) is 4. The van der Waals surface area contributed by atoms with Crippen LogP contribution in [-0.2, 0) is 6.54 Å². The molecule has 2 N–H and O–H groups in total. The summed E-state index contributed by atoms with van der Waals surface area (Å²) in [5.74, 6) is 0.493. The van der Waals surface area contributed by atoms with E-state index in [1.165, 1.54) is 44.2 Å². The molecule has 1 aromatic carbocycles. The second kappa shape index (κ2) is 8.31. The number of benzene rings is 1. The number of imidazole rings is 1. The molecule has 23 heavy (non-hydrogen) atoms. The van der Waals surface area contributed by atoms with E-state index in [1.54, 1.807) is 18.3 Å². The quantitative estimate of drug-likeness (QED) is 0.422. The van der Waals surface area contributed by atoms with Crippen molar-refractivity contribution in [3.8, 4) is 11.3 Å². The molecule has 6 nitrogen and oxygen atoms in total. The van der Waals surface area contributed by atoms with Gasteiger partial charge in [0.25, 0.3) is 5.69 Å². The summed E-state index contributed by atoms with van der Waals surface area (Å²) in [7, 11) is 0. The molecule has 0 amide bonds. The Kier molecular flexibility index (Phi) is 6.14. The monoisotopic (exact) mass is 316 g/mol. The van der Waals surface area contributed by atoms with Crippen molar-refractivity contribution in [3.63, 3.8) is 0 Å². The van der Waals surface area contributed by atoms with Crippen LogP contribution >= 0.6 is 0 Å². The molecule has 0 aliphatic heterocycles. The van der Waals surface area contributed by atoms with Gasteiger partial charge in [-0.25, -0.2) is 4.98 Å². The summed E-state index contributed by atoms with van der Waals surface area (Å²) in [6.07, 6.45) is 9.04. The van der Waals surface area contributed by atoms with Crippen LogP contribution < -0.4 is 5.73 Å². The van der Waals surface area contributed by atoms with Gasteiger partial charge in [0, 0.05) is 24.2 Å². The van der Waals surface area contributed by atoms with Crippen molar-refractivity contribution in [1.29, 1.82) is 0 Å². The topological polar surface area (TPSA) is 87.0 Å². The molecule has 2 aromatic rings. The van der Waals surface area contributed by atoms with E-state index in [0.29, 0.717) is 5.95 Å². The summed E-state index contributed by atoms with van der Waals surface area (Å²) in [4.78, 5) is 14.5. The summed E-state index contributed by atoms with van der Waals surface area (Å²) in [5.41, 5.74) is 7.85. The van der Waals surface area contributed by atoms with Crippen LogP contribution in [0, 0.1) is 10.1 Å². The van der Waals surface area contributed by atoms with E-state index in [0.717, 1.165) is 24.2 Å². The van der Waals surface area contributed by atoms with Crippen LogP contribution in [0.5, 0.6) is 0 Å². The Morgan fingerprint density at radius 3 is 2.43 bits per heavy atom. The number of unbranched alkanes of at least 4 members (excludes halogenated alkanes) is 5. The molecule has 1 aromatic heterocycles. The number of nitro groups is 1. The molecule has 6 heteroatoms. The van der Waals surface area contributed by atoms with Crippen molar-refractivity contribution in [2.75, 3.05) is 5.73 Å². The molecule has 0 aliphatic carbocycles. The second-order valence-corrected chi connectivity index (χ2v) is 5.73. The molecule has 0 radical (unpaired) electrons. The van der Waals surface area contributed by atoms with E-state index < -0.39 is 4.92 Å². The average Bonchev–Trinajstić information content (AvgIpc) is 2.92. The SMILES string of the molecule is CCCCCCCCn1c(-c2ccc([N+](=O)[O-])cc2)cnc1N. The van der Waals surface area contributed by atoms with Crippen LogP contribution in [0.1, 0.15) is 45.4 Å². The molecule has 0 saturated carbocycles. The van der Waals surface area contributed by atoms with E-state index in [-0.39, 0.29) is 5.69 Å². The number of nitro benzene ring substituents is 1. The third-order valence-corrected chi connectivity index (χ3v) is 4.00. The fourth-order valence-electron chi connectivity index (χ4n) is 2.66. The smallest absolute Gasteiger partial charge is 0.269 e. The van der Waals surface area contributed by atoms with Crippen molar-refractivity contribution >= 4 is 11.6 Å². The van der Waals surface area contributed by atoms with Gasteiger partial charge in [-0.1, -0.05) is 39.0 Å². The highest BCUT2D eigenvalue weighted by Crippen LogP contribution is 2.25. The lowest BCUT2D eigenvalue weighted by molar-refractivity contribution is -0.384. The van der Waals surface area contributed by atoms with Crippen molar-refractivity contribution in [2.45, 2.75) is 52.0 Å². The predicted molar refractivity (Wildman–Crippen MR) is 92.1 cm³/mol. The highest BCUT2D eigenvalue weighted by Gasteiger charge is 2.11. The molecule has 1 heterocycles. The van der Waals surface area contributed by atoms with Gasteiger partial charge in [-0.05, 0) is 18.6 Å². The maximum Gasteiger partial charge on any atom is 0.269 e. The Hall–Kier alpha value is -2.37. The number of anilines is 1. The molecule has 124 valence electrons. The van der Waals surface area contributed by atoms with E-state index in [9.17, 15) is 10.1 Å². The van der Waals surface area contributed by atoms with Gasteiger partial charge >= 0.3 is 0 Å². The zero-order valence-corrected chi connectivity index (χ0v) is 13.6. The molecule has 0 spiro atoms. The van der Waals surface area contributed by atoms with Crippen LogP contribution in [0.4, 0.5) is 11.6 Å². The van der Waals surface area contributed by atoms with Crippen molar-refractivity contribution < 1.29 is 4.92 Å². The summed E-state index contributed by atoms with van der Waals surface area (Å²) in [5, 5.41) is 10.7. The summed E-state index contributed by atoms with van der Waals surface area (Å²) in [6.45, 7) is 3.03. The molecule has 0 saturated heterocycles. The molecular formula is C17H24N4O2. The fourth-order valence-corrected chi connectivity index (χ4v) is 2.66. The molecule has 0 aliphatic rings. The first kappa shape index (κ1) is 17.0. The molecule has 2 rings (SSSR count). The van der Waals surface area contributed by atoms with Crippen LogP contribution in [-0.4, -0.2) is 14.5 Å². The number of aromatic nitrogens is 2. The Balaban J connectivity index is 2.01. The fraction of sp³-hybridized carbons (Fsp3) is 0.471. The van der Waals surface area contributed by atoms with Crippen molar-refractivity contribution in [1.82, 2.24) is 9.55 Å². The molecule has 0 atom stereocenters. The van der Waals surface area contributed by atoms with Crippen LogP contribution in [0.15, 0.2) is 30.5 Å². The normalized spacial score (nSPS) is 10.8. The van der Waals surface area contributed by atoms with Gasteiger partial charge in [0.1, 0.15) is 0 Å². The van der Waals surface area contributed by atoms with Gasteiger partial charge in [-0.3, -0.25) is 10.1 Å². The van der Waals surface area contributed by atoms with Gasteiger partial charge in [-0.15, -0.1) is 0 Å². The maximum absolute atomic E-state index is 10.7. The summed E-state index contributed by atoms with van der Waals surface area (Å²) >= 11 is 0. The Labute approximate surface area is 136 Å². The lowest BCUT2D eigenvalue weighted by atomic mass is 10.1. The third-order valence-electron chi connectivity index (χ3n) is 4.00. The van der Waals surface area contributed by atoms with Crippen molar-refractivity contribution in [3.05, 3.63) is 40.6 Å². The predicted octanol–water partition coefficient (Wildman–Crippen LogP) is 4.40. The summed E-state index contributed by atoms with van der Waals surface area (Å²) < 4.78 is 1.99. The zero-order chi connectivity index (χ0) is 16.7. The minimum Gasteiger partial charge on any atom is -0.369 e.